The Balaban J connectivity index is 1.73. The van der Waals surface area contributed by atoms with Crippen molar-refractivity contribution in [3.63, 3.8) is 0 Å². The number of carbonyl (C=O) groups is 1. The normalized spacial score (nSPS) is 15.3. The first-order valence-corrected chi connectivity index (χ1v) is 8.57. The zero-order valence-electron chi connectivity index (χ0n) is 14.3. The van der Waals surface area contributed by atoms with Gasteiger partial charge in [0.15, 0.2) is 0 Å². The third-order valence-electron chi connectivity index (χ3n) is 4.42. The Kier molecular flexibility index (Phi) is 6.84. The Hall–Kier alpha value is -1.62. The van der Waals surface area contributed by atoms with Crippen LogP contribution in [0.3, 0.4) is 0 Å². The quantitative estimate of drug-likeness (QED) is 0.772. The molecule has 1 aliphatic heterocycles. The van der Waals surface area contributed by atoms with E-state index in [0.717, 1.165) is 45.0 Å². The lowest BCUT2D eigenvalue weighted by atomic mass is 10.2. The predicted octanol–water partition coefficient (Wildman–Crippen LogP) is 2.60. The van der Waals surface area contributed by atoms with Gasteiger partial charge in [-0.15, -0.1) is 0 Å². The lowest BCUT2D eigenvalue weighted by molar-refractivity contribution is -0.131. The first kappa shape index (κ1) is 17.7. The summed E-state index contributed by atoms with van der Waals surface area (Å²) in [5.74, 6) is 0.0295. The molecule has 2 rings (SSSR count). The van der Waals surface area contributed by atoms with Crippen molar-refractivity contribution in [1.82, 2.24) is 9.80 Å². The van der Waals surface area contributed by atoms with Crippen molar-refractivity contribution in [2.75, 3.05) is 51.2 Å². The summed E-state index contributed by atoms with van der Waals surface area (Å²) in [5, 5.41) is 0. The molecule has 0 unspecified atom stereocenters. The monoisotopic (exact) mass is 321 g/mol. The second kappa shape index (κ2) is 8.87. The van der Waals surface area contributed by atoms with Crippen molar-refractivity contribution < 1.29 is 9.18 Å². The Morgan fingerprint density at radius 3 is 2.39 bits per heavy atom. The molecule has 0 N–H and O–H groups in total. The maximum atomic E-state index is 13.0. The molecule has 0 saturated carbocycles. The van der Waals surface area contributed by atoms with Crippen LogP contribution in [0.15, 0.2) is 24.3 Å². The van der Waals surface area contributed by atoms with Crippen LogP contribution in [-0.2, 0) is 4.79 Å². The molecule has 1 aromatic carbocycles. The van der Waals surface area contributed by atoms with Gasteiger partial charge in [-0.05, 0) is 44.3 Å². The lowest BCUT2D eigenvalue weighted by Crippen LogP contribution is -2.49. The van der Waals surface area contributed by atoms with Crippen LogP contribution < -0.4 is 4.90 Å². The van der Waals surface area contributed by atoms with Crippen LogP contribution in [-0.4, -0.2) is 62.0 Å². The molecular formula is C18H28FN3O. The standard InChI is InChI=1S/C18H28FN3O/c1-3-4-10-20(2)11-9-18(23)22-14-12-21(13-15-22)17-7-5-16(19)6-8-17/h5-8H,3-4,9-15H2,1-2H3. The third-order valence-corrected chi connectivity index (χ3v) is 4.42. The number of carbonyl (C=O) groups excluding carboxylic acids is 1. The van der Waals surface area contributed by atoms with Crippen LogP contribution in [0.5, 0.6) is 0 Å². The summed E-state index contributed by atoms with van der Waals surface area (Å²) < 4.78 is 13.0. The Bertz CT molecular complexity index is 484. The molecule has 0 aliphatic carbocycles. The van der Waals surface area contributed by atoms with E-state index in [1.54, 1.807) is 12.1 Å². The molecule has 5 heteroatoms. The molecule has 23 heavy (non-hydrogen) atoms. The number of hydrogen-bond donors (Lipinski definition) is 0. The number of benzene rings is 1. The molecular weight excluding hydrogens is 293 g/mol. The number of halogens is 1. The molecule has 1 saturated heterocycles. The van der Waals surface area contributed by atoms with Crippen LogP contribution in [0.25, 0.3) is 0 Å². The Morgan fingerprint density at radius 2 is 1.78 bits per heavy atom. The van der Waals surface area contributed by atoms with Gasteiger partial charge in [-0.3, -0.25) is 4.79 Å². The molecule has 0 atom stereocenters. The van der Waals surface area contributed by atoms with Gasteiger partial charge in [0, 0.05) is 44.8 Å². The highest BCUT2D eigenvalue weighted by Crippen LogP contribution is 2.17. The summed E-state index contributed by atoms with van der Waals surface area (Å²) in [6, 6.07) is 6.57. The van der Waals surface area contributed by atoms with E-state index in [9.17, 15) is 9.18 Å². The van der Waals surface area contributed by atoms with E-state index in [1.165, 1.54) is 25.0 Å². The average Bonchev–Trinajstić information content (AvgIpc) is 2.58. The molecule has 1 aliphatic rings. The van der Waals surface area contributed by atoms with Gasteiger partial charge in [-0.1, -0.05) is 13.3 Å². The molecule has 1 amide bonds. The molecule has 1 fully saturated rings. The number of piperazine rings is 1. The molecule has 0 bridgehead atoms. The minimum absolute atomic E-state index is 0.213. The summed E-state index contributed by atoms with van der Waals surface area (Å²) in [5.41, 5.74) is 1.03. The second-order valence-corrected chi connectivity index (χ2v) is 6.25. The number of anilines is 1. The first-order chi connectivity index (χ1) is 11.1. The lowest BCUT2D eigenvalue weighted by Gasteiger charge is -2.36. The zero-order valence-corrected chi connectivity index (χ0v) is 14.3. The van der Waals surface area contributed by atoms with E-state index in [0.29, 0.717) is 6.42 Å². The van der Waals surface area contributed by atoms with Crippen molar-refractivity contribution in [3.8, 4) is 0 Å². The van der Waals surface area contributed by atoms with Gasteiger partial charge < -0.3 is 14.7 Å². The summed E-state index contributed by atoms with van der Waals surface area (Å²) in [6.45, 7) is 7.18. The molecule has 4 nitrogen and oxygen atoms in total. The van der Waals surface area contributed by atoms with Gasteiger partial charge in [-0.2, -0.15) is 0 Å². The summed E-state index contributed by atoms with van der Waals surface area (Å²) in [4.78, 5) is 18.7. The van der Waals surface area contributed by atoms with Crippen LogP contribution in [0, 0.1) is 5.82 Å². The fraction of sp³-hybridized carbons (Fsp3) is 0.611. The predicted molar refractivity (Wildman–Crippen MR) is 92.2 cm³/mol. The molecule has 0 radical (unpaired) electrons. The van der Waals surface area contributed by atoms with Crippen molar-refractivity contribution >= 4 is 11.6 Å². The molecule has 0 spiro atoms. The minimum atomic E-state index is -0.213. The summed E-state index contributed by atoms with van der Waals surface area (Å²) in [7, 11) is 2.08. The Labute approximate surface area is 138 Å². The van der Waals surface area contributed by atoms with Crippen molar-refractivity contribution in [2.45, 2.75) is 26.2 Å². The number of hydrogen-bond acceptors (Lipinski definition) is 3. The van der Waals surface area contributed by atoms with E-state index in [1.807, 2.05) is 4.90 Å². The average molecular weight is 321 g/mol. The number of unbranched alkanes of at least 4 members (excludes halogenated alkanes) is 1. The van der Waals surface area contributed by atoms with E-state index in [2.05, 4.69) is 23.8 Å². The van der Waals surface area contributed by atoms with Crippen molar-refractivity contribution in [3.05, 3.63) is 30.1 Å². The molecule has 128 valence electrons. The highest BCUT2D eigenvalue weighted by molar-refractivity contribution is 5.76. The van der Waals surface area contributed by atoms with Crippen LogP contribution in [0.2, 0.25) is 0 Å². The molecule has 0 aromatic heterocycles. The number of nitrogens with zero attached hydrogens (tertiary/aromatic N) is 3. The number of rotatable bonds is 7. The van der Waals surface area contributed by atoms with Gasteiger partial charge >= 0.3 is 0 Å². The largest absolute Gasteiger partial charge is 0.368 e. The first-order valence-electron chi connectivity index (χ1n) is 8.57. The van der Waals surface area contributed by atoms with Crippen LogP contribution in [0.4, 0.5) is 10.1 Å². The van der Waals surface area contributed by atoms with E-state index < -0.39 is 0 Å². The zero-order chi connectivity index (χ0) is 16.7. The fourth-order valence-corrected chi connectivity index (χ4v) is 2.85. The molecule has 1 heterocycles. The highest BCUT2D eigenvalue weighted by atomic mass is 19.1. The van der Waals surface area contributed by atoms with Gasteiger partial charge in [-0.25, -0.2) is 4.39 Å². The minimum Gasteiger partial charge on any atom is -0.368 e. The maximum Gasteiger partial charge on any atom is 0.223 e. The van der Waals surface area contributed by atoms with Gasteiger partial charge in [0.2, 0.25) is 5.91 Å². The van der Waals surface area contributed by atoms with Crippen molar-refractivity contribution in [1.29, 1.82) is 0 Å². The fourth-order valence-electron chi connectivity index (χ4n) is 2.85. The Morgan fingerprint density at radius 1 is 1.13 bits per heavy atom. The SMILES string of the molecule is CCCCN(C)CCC(=O)N1CCN(c2ccc(F)cc2)CC1. The smallest absolute Gasteiger partial charge is 0.223 e. The van der Waals surface area contributed by atoms with E-state index >= 15 is 0 Å². The topological polar surface area (TPSA) is 26.8 Å². The van der Waals surface area contributed by atoms with Crippen LogP contribution >= 0.6 is 0 Å². The third kappa shape index (κ3) is 5.50. The summed E-state index contributed by atoms with van der Waals surface area (Å²) >= 11 is 0. The van der Waals surface area contributed by atoms with E-state index in [4.69, 9.17) is 0 Å². The molecule has 1 aromatic rings. The van der Waals surface area contributed by atoms with Crippen LogP contribution in [0.1, 0.15) is 26.2 Å². The second-order valence-electron chi connectivity index (χ2n) is 6.25. The summed E-state index contributed by atoms with van der Waals surface area (Å²) in [6.07, 6.45) is 2.96. The van der Waals surface area contributed by atoms with Gasteiger partial charge in [0.05, 0.1) is 0 Å². The maximum absolute atomic E-state index is 13.0. The van der Waals surface area contributed by atoms with Gasteiger partial charge in [0.1, 0.15) is 5.82 Å². The van der Waals surface area contributed by atoms with E-state index in [-0.39, 0.29) is 11.7 Å². The highest BCUT2D eigenvalue weighted by Gasteiger charge is 2.21. The van der Waals surface area contributed by atoms with Gasteiger partial charge in [0.25, 0.3) is 0 Å². The van der Waals surface area contributed by atoms with Crippen molar-refractivity contribution in [2.24, 2.45) is 0 Å². The number of amides is 1.